The van der Waals surface area contributed by atoms with Gasteiger partial charge in [0.15, 0.2) is 0 Å². The normalized spacial score (nSPS) is 12.2. The molecular weight excluding hydrogens is 450 g/mol. The van der Waals surface area contributed by atoms with Crippen LogP contribution in [0, 0.1) is 0 Å². The van der Waals surface area contributed by atoms with Gasteiger partial charge in [-0.1, -0.05) is 48.5 Å². The molecule has 5 heteroatoms. The maximum absolute atomic E-state index is 9.14. The minimum atomic E-state index is -1.83. The Morgan fingerprint density at radius 2 is 1.09 bits per heavy atom. The predicted octanol–water partition coefficient (Wildman–Crippen LogP) is 8.13. The van der Waals surface area contributed by atoms with Crippen molar-refractivity contribution in [2.24, 2.45) is 0 Å². The van der Waals surface area contributed by atoms with Gasteiger partial charge in [0.1, 0.15) is 5.75 Å². The first-order chi connectivity index (χ1) is 16.5. The third kappa shape index (κ3) is 5.51. The lowest BCUT2D eigenvalue weighted by atomic mass is 9.97. The van der Waals surface area contributed by atoms with Crippen molar-refractivity contribution in [1.82, 2.24) is 0 Å². The van der Waals surface area contributed by atoms with Crippen molar-refractivity contribution in [2.45, 2.75) is 78.0 Å². The molecular formula is C30H41BO3P+. The molecule has 0 aliphatic heterocycles. The second-order valence-electron chi connectivity index (χ2n) is 10.6. The minimum absolute atomic E-state index is 0.466. The molecule has 3 nitrogen and oxygen atoms in total. The van der Waals surface area contributed by atoms with Crippen LogP contribution in [-0.4, -0.2) is 40.0 Å². The van der Waals surface area contributed by atoms with Gasteiger partial charge in [-0.05, 0) is 101 Å². The van der Waals surface area contributed by atoms with E-state index in [0.717, 1.165) is 49.6 Å². The summed E-state index contributed by atoms with van der Waals surface area (Å²) in [7, 11) is -2.62. The molecule has 186 valence electrons. The van der Waals surface area contributed by atoms with Crippen molar-refractivity contribution in [3.8, 4) is 5.75 Å². The number of fused-ring (bicyclic) bond motifs is 4. The van der Waals surface area contributed by atoms with E-state index in [1.807, 2.05) is 30.3 Å². The van der Waals surface area contributed by atoms with Gasteiger partial charge < -0.3 is 14.7 Å². The highest BCUT2D eigenvalue weighted by Crippen LogP contribution is 2.73. The summed E-state index contributed by atoms with van der Waals surface area (Å²) in [5.74, 6) is 0.466. The van der Waals surface area contributed by atoms with Crippen LogP contribution in [0.3, 0.4) is 0 Å². The van der Waals surface area contributed by atoms with Gasteiger partial charge in [0.25, 0.3) is 0 Å². The van der Waals surface area contributed by atoms with Gasteiger partial charge in [-0.15, -0.1) is 0 Å². The number of rotatable bonds is 6. The fraction of sp³-hybridized carbons (Fsp3) is 0.400. The molecule has 0 aliphatic carbocycles. The number of benzene rings is 4. The molecule has 0 heterocycles. The Morgan fingerprint density at radius 1 is 0.600 bits per heavy atom. The fourth-order valence-corrected chi connectivity index (χ4v) is 13.7. The standard InChI is InChI=1S/C18H13BO3.C12H28P/c20-19(21)22-17-7-3-6-12-8-9-15-10-13-4-1-2-5-14(13)11-16(15)18(12)17;1-9(2)13(10(3)4,11(5)6)12(7)8/h1-11,20-21H;9-12H,1-8H3/q;+1. The van der Waals surface area contributed by atoms with Crippen LogP contribution in [0.1, 0.15) is 55.4 Å². The zero-order valence-corrected chi connectivity index (χ0v) is 23.4. The first-order valence-electron chi connectivity index (χ1n) is 12.7. The van der Waals surface area contributed by atoms with Crippen LogP contribution in [0.4, 0.5) is 0 Å². The third-order valence-corrected chi connectivity index (χ3v) is 14.7. The van der Waals surface area contributed by atoms with Crippen molar-refractivity contribution in [1.29, 1.82) is 0 Å². The van der Waals surface area contributed by atoms with Crippen molar-refractivity contribution >= 4 is 46.9 Å². The zero-order chi connectivity index (χ0) is 25.9. The summed E-state index contributed by atoms with van der Waals surface area (Å²) < 4.78 is 5.16. The van der Waals surface area contributed by atoms with Crippen LogP contribution in [0.5, 0.6) is 5.75 Å². The summed E-state index contributed by atoms with van der Waals surface area (Å²) in [5, 5.41) is 24.6. The first kappa shape index (κ1) is 27.5. The van der Waals surface area contributed by atoms with Crippen LogP contribution < -0.4 is 4.65 Å². The van der Waals surface area contributed by atoms with Crippen LogP contribution in [0.15, 0.2) is 66.7 Å². The summed E-state index contributed by atoms with van der Waals surface area (Å²) in [6.07, 6.45) is 0. The smallest absolute Gasteiger partial charge is 0.511 e. The monoisotopic (exact) mass is 491 g/mol. The quantitative estimate of drug-likeness (QED) is 0.124. The van der Waals surface area contributed by atoms with Gasteiger partial charge in [-0.2, -0.15) is 0 Å². The molecule has 2 N–H and O–H groups in total. The van der Waals surface area contributed by atoms with E-state index in [1.165, 1.54) is 5.39 Å². The van der Waals surface area contributed by atoms with E-state index >= 15 is 0 Å². The van der Waals surface area contributed by atoms with E-state index in [2.05, 4.69) is 85.7 Å². The van der Waals surface area contributed by atoms with Gasteiger partial charge in [0, 0.05) is 12.6 Å². The molecule has 0 spiro atoms. The summed E-state index contributed by atoms with van der Waals surface area (Å²) in [6.45, 7) is 19.4. The van der Waals surface area contributed by atoms with Gasteiger partial charge in [-0.3, -0.25) is 0 Å². The minimum Gasteiger partial charge on any atom is -0.511 e. The number of hydrogen-bond donors (Lipinski definition) is 2. The third-order valence-electron chi connectivity index (χ3n) is 7.50. The Hall–Kier alpha value is -2.13. The van der Waals surface area contributed by atoms with Crippen LogP contribution in [0.2, 0.25) is 0 Å². The van der Waals surface area contributed by atoms with Crippen molar-refractivity contribution in [3.63, 3.8) is 0 Å². The number of hydrogen-bond acceptors (Lipinski definition) is 3. The molecule has 0 bridgehead atoms. The van der Waals surface area contributed by atoms with Crippen LogP contribution in [0.25, 0.3) is 32.3 Å². The Morgan fingerprint density at radius 3 is 1.57 bits per heavy atom. The lowest BCUT2D eigenvalue weighted by molar-refractivity contribution is 0.289. The Bertz CT molecular complexity index is 1240. The predicted molar refractivity (Wildman–Crippen MR) is 157 cm³/mol. The highest BCUT2D eigenvalue weighted by atomic mass is 31.2. The maximum atomic E-state index is 9.14. The highest BCUT2D eigenvalue weighted by molar-refractivity contribution is 7.78. The lowest BCUT2D eigenvalue weighted by Gasteiger charge is -2.41. The molecule has 0 aromatic heterocycles. The van der Waals surface area contributed by atoms with Gasteiger partial charge >= 0.3 is 7.32 Å². The van der Waals surface area contributed by atoms with Gasteiger partial charge in [-0.25, -0.2) is 0 Å². The van der Waals surface area contributed by atoms with E-state index in [0.29, 0.717) is 5.75 Å². The van der Waals surface area contributed by atoms with Gasteiger partial charge in [0.05, 0.1) is 22.6 Å². The molecule has 0 saturated carbocycles. The average Bonchev–Trinajstić information content (AvgIpc) is 2.77. The first-order valence-corrected chi connectivity index (χ1v) is 14.8. The van der Waals surface area contributed by atoms with Crippen molar-refractivity contribution in [3.05, 3.63) is 66.7 Å². The van der Waals surface area contributed by atoms with E-state index in [-0.39, 0.29) is 0 Å². The molecule has 0 saturated heterocycles. The molecule has 4 aromatic rings. The Balaban J connectivity index is 0.000000228. The largest absolute Gasteiger partial charge is 0.707 e. The lowest BCUT2D eigenvalue weighted by Crippen LogP contribution is -2.29. The average molecular weight is 491 g/mol. The molecule has 0 fully saturated rings. The summed E-state index contributed by atoms with van der Waals surface area (Å²) in [5.41, 5.74) is 3.53. The Labute approximate surface area is 212 Å². The maximum Gasteiger partial charge on any atom is 0.707 e. The van der Waals surface area contributed by atoms with E-state index in [4.69, 9.17) is 14.7 Å². The van der Waals surface area contributed by atoms with E-state index in [1.54, 1.807) is 6.07 Å². The highest BCUT2D eigenvalue weighted by Gasteiger charge is 2.49. The molecule has 0 aliphatic rings. The Kier molecular flexibility index (Phi) is 8.86. The van der Waals surface area contributed by atoms with Crippen LogP contribution >= 0.6 is 7.26 Å². The topological polar surface area (TPSA) is 49.7 Å². The van der Waals surface area contributed by atoms with E-state index in [9.17, 15) is 0 Å². The van der Waals surface area contributed by atoms with Gasteiger partial charge in [0.2, 0.25) is 0 Å². The second kappa shape index (κ2) is 11.3. The molecule has 0 atom stereocenters. The van der Waals surface area contributed by atoms with E-state index < -0.39 is 14.6 Å². The summed E-state index contributed by atoms with van der Waals surface area (Å²) in [6, 6.07) is 22.1. The molecule has 4 rings (SSSR count). The molecule has 0 amide bonds. The fourth-order valence-electron chi connectivity index (χ4n) is 6.56. The summed E-state index contributed by atoms with van der Waals surface area (Å²) in [4.78, 5) is 0. The summed E-state index contributed by atoms with van der Waals surface area (Å²) >= 11 is 0. The van der Waals surface area contributed by atoms with Crippen molar-refractivity contribution < 1.29 is 14.7 Å². The van der Waals surface area contributed by atoms with Crippen molar-refractivity contribution in [2.75, 3.05) is 0 Å². The molecule has 4 aromatic carbocycles. The molecule has 0 unspecified atom stereocenters. The van der Waals surface area contributed by atoms with Crippen LogP contribution in [-0.2, 0) is 0 Å². The SMILES string of the molecule is CC(C)[P+](C(C)C)(C(C)C)C(C)C.OB(O)Oc1cccc2ccc3cc4ccccc4cc3c12. The zero-order valence-electron chi connectivity index (χ0n) is 22.5. The molecule has 0 radical (unpaired) electrons. The molecule has 35 heavy (non-hydrogen) atoms. The second-order valence-corrected chi connectivity index (χ2v) is 16.5.